The lowest BCUT2D eigenvalue weighted by Gasteiger charge is -2.41. The van der Waals surface area contributed by atoms with E-state index < -0.39 is 24.0 Å². The van der Waals surface area contributed by atoms with Gasteiger partial charge in [0.1, 0.15) is 0 Å². The molecule has 7 heteroatoms. The molecule has 0 aliphatic carbocycles. The Morgan fingerprint density at radius 3 is 2.32 bits per heavy atom. The van der Waals surface area contributed by atoms with Crippen molar-refractivity contribution < 1.29 is 17.0 Å². The molecule has 0 spiro atoms. The predicted molar refractivity (Wildman–Crippen MR) is 159 cm³/mol. The van der Waals surface area contributed by atoms with Crippen LogP contribution in [0.15, 0.2) is 59.5 Å². The molecule has 1 aliphatic rings. The summed E-state index contributed by atoms with van der Waals surface area (Å²) in [6, 6.07) is 17.7. The van der Waals surface area contributed by atoms with Crippen LogP contribution in [0, 0.1) is 18.8 Å². The summed E-state index contributed by atoms with van der Waals surface area (Å²) in [5, 5.41) is 0. The lowest BCUT2D eigenvalue weighted by Crippen LogP contribution is -2.47. The van der Waals surface area contributed by atoms with Gasteiger partial charge in [-0.3, -0.25) is 4.18 Å². The minimum absolute atomic E-state index is 0.0593. The molecule has 0 bridgehead atoms. The largest absolute Gasteiger partial charge is 0.410 e. The predicted octanol–water partition coefficient (Wildman–Crippen LogP) is 7.07. The van der Waals surface area contributed by atoms with Crippen LogP contribution in [0.1, 0.15) is 56.6 Å². The van der Waals surface area contributed by atoms with Gasteiger partial charge in [0.15, 0.2) is 8.32 Å². The van der Waals surface area contributed by atoms with Gasteiger partial charge in [-0.15, -0.1) is 0 Å². The Hall–Kier alpha value is -1.51. The molecule has 3 rings (SSSR count). The molecule has 0 aromatic heterocycles. The Morgan fingerprint density at radius 2 is 1.68 bits per heavy atom. The van der Waals surface area contributed by atoms with E-state index in [-0.39, 0.29) is 11.5 Å². The second-order valence-corrected chi connectivity index (χ2v) is 18.4. The Labute approximate surface area is 233 Å². The van der Waals surface area contributed by atoms with Gasteiger partial charge < -0.3 is 9.33 Å². The van der Waals surface area contributed by atoms with E-state index in [1.165, 1.54) is 18.4 Å². The first-order chi connectivity index (χ1) is 17.9. The summed E-state index contributed by atoms with van der Waals surface area (Å²) in [5.41, 5.74) is 1.78. The molecule has 1 fully saturated rings. The lowest BCUT2D eigenvalue weighted by atomic mass is 9.80. The smallest absolute Gasteiger partial charge is 0.297 e. The van der Waals surface area contributed by atoms with E-state index in [0.29, 0.717) is 11.8 Å². The third-order valence-electron chi connectivity index (χ3n) is 7.62. The molecule has 212 valence electrons. The van der Waals surface area contributed by atoms with Gasteiger partial charge in [0.2, 0.25) is 0 Å². The molecular weight excluding hydrogens is 510 g/mol. The van der Waals surface area contributed by atoms with Crippen LogP contribution >= 0.6 is 0 Å². The van der Waals surface area contributed by atoms with Gasteiger partial charge in [0, 0.05) is 6.54 Å². The van der Waals surface area contributed by atoms with Gasteiger partial charge in [0.25, 0.3) is 10.1 Å². The van der Waals surface area contributed by atoms with Crippen molar-refractivity contribution in [1.82, 2.24) is 4.90 Å². The number of nitrogens with zero attached hydrogens (tertiary/aromatic N) is 1. The van der Waals surface area contributed by atoms with Crippen molar-refractivity contribution in [1.29, 1.82) is 0 Å². The van der Waals surface area contributed by atoms with E-state index in [2.05, 4.69) is 68.8 Å². The molecule has 38 heavy (non-hydrogen) atoms. The summed E-state index contributed by atoms with van der Waals surface area (Å²) in [7, 11) is -3.61. The minimum Gasteiger partial charge on any atom is -0.410 e. The van der Waals surface area contributed by atoms with E-state index in [0.717, 1.165) is 50.8 Å². The van der Waals surface area contributed by atoms with Crippen LogP contribution in [-0.2, 0) is 25.1 Å². The fraction of sp³-hybridized carbons (Fsp3) is 0.613. The van der Waals surface area contributed by atoms with Gasteiger partial charge in [-0.1, -0.05) is 67.8 Å². The quantitative estimate of drug-likeness (QED) is 0.218. The Bertz CT molecular complexity index is 1090. The Kier molecular flexibility index (Phi) is 11.2. The van der Waals surface area contributed by atoms with E-state index in [1.54, 1.807) is 12.1 Å². The average molecular weight is 560 g/mol. The topological polar surface area (TPSA) is 55.8 Å². The summed E-state index contributed by atoms with van der Waals surface area (Å²) in [5.74, 6) is 1.00. The molecule has 3 atom stereocenters. The SMILES string of the molecule is CCC(COS(=O)(=O)c1ccc(C)cc1)(CC1CCCCN(C)CC(Cc2ccccc2)C1)O[Si](C)(C)C. The van der Waals surface area contributed by atoms with Crippen molar-refractivity contribution in [3.8, 4) is 0 Å². The third-order valence-corrected chi connectivity index (χ3v) is 9.94. The molecule has 0 N–H and O–H groups in total. The molecule has 1 saturated heterocycles. The van der Waals surface area contributed by atoms with Gasteiger partial charge in [0.05, 0.1) is 17.1 Å². The van der Waals surface area contributed by atoms with E-state index >= 15 is 0 Å². The van der Waals surface area contributed by atoms with Gasteiger partial charge in [-0.05, 0) is 102 Å². The van der Waals surface area contributed by atoms with Crippen LogP contribution in [0.25, 0.3) is 0 Å². The van der Waals surface area contributed by atoms with Gasteiger partial charge >= 0.3 is 0 Å². The van der Waals surface area contributed by atoms with Crippen LogP contribution in [0.3, 0.4) is 0 Å². The summed E-state index contributed by atoms with van der Waals surface area (Å²) >= 11 is 0. The number of hydrogen-bond acceptors (Lipinski definition) is 5. The zero-order chi connectivity index (χ0) is 27.8. The highest BCUT2D eigenvalue weighted by Gasteiger charge is 2.39. The maximum atomic E-state index is 13.1. The number of rotatable bonds is 11. The van der Waals surface area contributed by atoms with E-state index in [9.17, 15) is 8.42 Å². The zero-order valence-electron chi connectivity index (χ0n) is 24.4. The average Bonchev–Trinajstić information content (AvgIpc) is 2.93. The third kappa shape index (κ3) is 9.90. The van der Waals surface area contributed by atoms with Crippen LogP contribution in [0.4, 0.5) is 0 Å². The van der Waals surface area contributed by atoms with E-state index in [4.69, 9.17) is 8.61 Å². The summed E-state index contributed by atoms with van der Waals surface area (Å²) < 4.78 is 38.9. The van der Waals surface area contributed by atoms with E-state index in [1.807, 2.05) is 19.1 Å². The van der Waals surface area contributed by atoms with Crippen LogP contribution in [-0.4, -0.2) is 54.0 Å². The van der Waals surface area contributed by atoms with Gasteiger partial charge in [-0.2, -0.15) is 8.42 Å². The van der Waals surface area contributed by atoms with Crippen LogP contribution in [0.2, 0.25) is 19.6 Å². The fourth-order valence-electron chi connectivity index (χ4n) is 5.87. The van der Waals surface area contributed by atoms with Crippen LogP contribution in [0.5, 0.6) is 0 Å². The second kappa shape index (κ2) is 13.7. The molecule has 2 aromatic rings. The molecule has 3 unspecified atom stereocenters. The number of hydrogen-bond donors (Lipinski definition) is 0. The molecule has 0 saturated carbocycles. The number of benzene rings is 2. The van der Waals surface area contributed by atoms with Crippen molar-refractivity contribution >= 4 is 18.4 Å². The first-order valence-electron chi connectivity index (χ1n) is 14.3. The molecule has 2 aromatic carbocycles. The number of aryl methyl sites for hydroxylation is 1. The molecule has 5 nitrogen and oxygen atoms in total. The second-order valence-electron chi connectivity index (χ2n) is 12.4. The van der Waals surface area contributed by atoms with Crippen molar-refractivity contribution in [2.45, 2.75) is 88.9 Å². The highest BCUT2D eigenvalue weighted by molar-refractivity contribution is 7.86. The standard InChI is InChI=1S/C31H49NO4SSi/c1-7-31(36-38(4,5)6,25-35-37(33,34)30-18-16-26(2)17-19-30)23-28-15-11-12-20-32(3)24-29(22-28)21-27-13-9-8-10-14-27/h8-10,13-14,16-19,28-29H,7,11-12,15,20-25H2,1-6H3. The molecule has 1 aliphatic heterocycles. The summed E-state index contributed by atoms with van der Waals surface area (Å²) in [6.45, 7) is 12.9. The maximum Gasteiger partial charge on any atom is 0.297 e. The van der Waals surface area contributed by atoms with Crippen molar-refractivity contribution in [2.75, 3.05) is 26.7 Å². The Morgan fingerprint density at radius 1 is 1.00 bits per heavy atom. The lowest BCUT2D eigenvalue weighted by molar-refractivity contribution is -0.0137. The highest BCUT2D eigenvalue weighted by Crippen LogP contribution is 2.36. The van der Waals surface area contributed by atoms with Crippen molar-refractivity contribution in [3.05, 3.63) is 65.7 Å². The monoisotopic (exact) mass is 559 g/mol. The summed E-state index contributed by atoms with van der Waals surface area (Å²) in [4.78, 5) is 2.69. The first kappa shape index (κ1) is 31.0. The molecular formula is C31H49NO4SSi. The fourth-order valence-corrected chi connectivity index (χ4v) is 8.43. The van der Waals surface area contributed by atoms with Crippen molar-refractivity contribution in [2.24, 2.45) is 11.8 Å². The van der Waals surface area contributed by atoms with Crippen molar-refractivity contribution in [3.63, 3.8) is 0 Å². The normalized spacial score (nSPS) is 21.7. The Balaban J connectivity index is 1.83. The van der Waals surface area contributed by atoms with Gasteiger partial charge in [-0.25, -0.2) is 0 Å². The minimum atomic E-state index is -3.87. The molecule has 0 radical (unpaired) electrons. The van der Waals surface area contributed by atoms with Crippen LogP contribution < -0.4 is 0 Å². The molecule has 1 heterocycles. The highest BCUT2D eigenvalue weighted by atomic mass is 32.2. The first-order valence-corrected chi connectivity index (χ1v) is 19.1. The molecule has 0 amide bonds. The maximum absolute atomic E-state index is 13.1. The zero-order valence-corrected chi connectivity index (χ0v) is 26.2. The summed E-state index contributed by atoms with van der Waals surface area (Å²) in [6.07, 6.45) is 7.24.